The molecule has 30 heavy (non-hydrogen) atoms. The number of pyridine rings is 1. The van der Waals surface area contributed by atoms with E-state index in [1.54, 1.807) is 38.5 Å². The fourth-order valence-corrected chi connectivity index (χ4v) is 2.73. The standard InChI is InChI=1S/C22H34N4O4/c1-7-15(5)19(21(28)25-16(6)22(29)30-8-2)26-20(27)18(14(3)4)24-13-17-10-9-11-23-12-17/h9-16,18-19H,7-8H2,1-6H3,(H,25,28)(H,26,27). The van der Waals surface area contributed by atoms with Gasteiger partial charge >= 0.3 is 5.97 Å². The minimum absolute atomic E-state index is 0.0722. The first-order valence-electron chi connectivity index (χ1n) is 10.4. The van der Waals surface area contributed by atoms with Gasteiger partial charge in [0.15, 0.2) is 0 Å². The van der Waals surface area contributed by atoms with Crippen molar-refractivity contribution in [3.63, 3.8) is 0 Å². The van der Waals surface area contributed by atoms with Gasteiger partial charge in [-0.25, -0.2) is 4.79 Å². The van der Waals surface area contributed by atoms with Gasteiger partial charge in [0.05, 0.1) is 6.61 Å². The van der Waals surface area contributed by atoms with Crippen molar-refractivity contribution in [2.24, 2.45) is 16.8 Å². The van der Waals surface area contributed by atoms with E-state index in [-0.39, 0.29) is 24.3 Å². The molecule has 2 N–H and O–H groups in total. The summed E-state index contributed by atoms with van der Waals surface area (Å²) in [5, 5.41) is 5.47. The fourth-order valence-electron chi connectivity index (χ4n) is 2.73. The molecule has 0 bridgehead atoms. The summed E-state index contributed by atoms with van der Waals surface area (Å²) in [6.07, 6.45) is 5.61. The molecule has 4 unspecified atom stereocenters. The maximum absolute atomic E-state index is 13.0. The molecule has 0 aliphatic carbocycles. The Morgan fingerprint density at radius 3 is 2.37 bits per heavy atom. The Balaban J connectivity index is 2.92. The largest absolute Gasteiger partial charge is 0.464 e. The van der Waals surface area contributed by atoms with E-state index in [0.717, 1.165) is 5.56 Å². The van der Waals surface area contributed by atoms with Crippen molar-refractivity contribution < 1.29 is 19.1 Å². The maximum Gasteiger partial charge on any atom is 0.328 e. The van der Waals surface area contributed by atoms with Crippen molar-refractivity contribution in [2.75, 3.05) is 6.61 Å². The van der Waals surface area contributed by atoms with E-state index in [4.69, 9.17) is 4.74 Å². The van der Waals surface area contributed by atoms with E-state index >= 15 is 0 Å². The number of carbonyl (C=O) groups is 3. The predicted molar refractivity (Wildman–Crippen MR) is 116 cm³/mol. The van der Waals surface area contributed by atoms with E-state index in [1.807, 2.05) is 33.8 Å². The molecule has 8 heteroatoms. The third kappa shape index (κ3) is 7.93. The summed E-state index contributed by atoms with van der Waals surface area (Å²) in [4.78, 5) is 46.0. The normalized spacial score (nSPS) is 15.3. The number of hydrogen-bond acceptors (Lipinski definition) is 6. The van der Waals surface area contributed by atoms with Crippen molar-refractivity contribution in [1.29, 1.82) is 0 Å². The van der Waals surface area contributed by atoms with Gasteiger partial charge in [-0.2, -0.15) is 0 Å². The molecule has 0 radical (unpaired) electrons. The summed E-state index contributed by atoms with van der Waals surface area (Å²) in [5.74, 6) is -1.47. The highest BCUT2D eigenvalue weighted by atomic mass is 16.5. The van der Waals surface area contributed by atoms with E-state index in [2.05, 4.69) is 20.6 Å². The lowest BCUT2D eigenvalue weighted by Gasteiger charge is -2.27. The maximum atomic E-state index is 13.0. The zero-order valence-corrected chi connectivity index (χ0v) is 18.7. The number of aromatic nitrogens is 1. The molecule has 2 amide bonds. The van der Waals surface area contributed by atoms with Crippen molar-refractivity contribution in [1.82, 2.24) is 15.6 Å². The van der Waals surface area contributed by atoms with Crippen LogP contribution >= 0.6 is 0 Å². The van der Waals surface area contributed by atoms with Gasteiger partial charge in [0, 0.05) is 24.2 Å². The molecule has 0 saturated heterocycles. The zero-order chi connectivity index (χ0) is 22.7. The number of ether oxygens (including phenoxy) is 1. The van der Waals surface area contributed by atoms with Crippen molar-refractivity contribution in [3.8, 4) is 0 Å². The molecule has 1 aromatic heterocycles. The average Bonchev–Trinajstić information content (AvgIpc) is 2.72. The Hall–Kier alpha value is -2.77. The number of nitrogens with one attached hydrogen (secondary N) is 2. The van der Waals surface area contributed by atoms with Gasteiger partial charge in [-0.1, -0.05) is 40.2 Å². The van der Waals surface area contributed by atoms with Crippen LogP contribution in [0, 0.1) is 11.8 Å². The lowest BCUT2D eigenvalue weighted by atomic mass is 9.96. The van der Waals surface area contributed by atoms with Crippen LogP contribution in [-0.2, 0) is 19.1 Å². The molecule has 166 valence electrons. The van der Waals surface area contributed by atoms with Crippen LogP contribution in [0.4, 0.5) is 0 Å². The Morgan fingerprint density at radius 1 is 1.13 bits per heavy atom. The van der Waals surface area contributed by atoms with Crippen LogP contribution in [0.2, 0.25) is 0 Å². The van der Waals surface area contributed by atoms with Crippen molar-refractivity contribution in [2.45, 2.75) is 66.1 Å². The lowest BCUT2D eigenvalue weighted by Crippen LogP contribution is -2.55. The highest BCUT2D eigenvalue weighted by Crippen LogP contribution is 2.12. The van der Waals surface area contributed by atoms with E-state index in [0.29, 0.717) is 6.42 Å². The van der Waals surface area contributed by atoms with Crippen LogP contribution in [0.5, 0.6) is 0 Å². The van der Waals surface area contributed by atoms with Gasteiger partial charge in [0.2, 0.25) is 11.8 Å². The topological polar surface area (TPSA) is 110 Å². The summed E-state index contributed by atoms with van der Waals surface area (Å²) >= 11 is 0. The second-order valence-electron chi connectivity index (χ2n) is 7.61. The molecule has 0 aliphatic rings. The molecule has 0 aromatic carbocycles. The van der Waals surface area contributed by atoms with Gasteiger partial charge in [-0.3, -0.25) is 19.6 Å². The summed E-state index contributed by atoms with van der Waals surface area (Å²) in [7, 11) is 0. The quantitative estimate of drug-likeness (QED) is 0.423. The number of amides is 2. The lowest BCUT2D eigenvalue weighted by molar-refractivity contribution is -0.147. The second-order valence-corrected chi connectivity index (χ2v) is 7.61. The van der Waals surface area contributed by atoms with E-state index in [9.17, 15) is 14.4 Å². The zero-order valence-electron chi connectivity index (χ0n) is 18.7. The molecular weight excluding hydrogens is 384 g/mol. The van der Waals surface area contributed by atoms with Gasteiger partial charge in [0.1, 0.15) is 18.1 Å². The summed E-state index contributed by atoms with van der Waals surface area (Å²) in [6, 6.07) is 1.39. The summed E-state index contributed by atoms with van der Waals surface area (Å²) < 4.78 is 4.93. The predicted octanol–water partition coefficient (Wildman–Crippen LogP) is 2.12. The average molecular weight is 419 g/mol. The molecule has 4 atom stereocenters. The van der Waals surface area contributed by atoms with Crippen molar-refractivity contribution >= 4 is 24.0 Å². The number of carbonyl (C=O) groups excluding carboxylic acids is 3. The highest BCUT2D eigenvalue weighted by molar-refractivity contribution is 5.93. The Morgan fingerprint density at radius 2 is 1.83 bits per heavy atom. The molecule has 0 aliphatic heterocycles. The Kier molecular flexibility index (Phi) is 10.7. The van der Waals surface area contributed by atoms with Crippen LogP contribution in [0.1, 0.15) is 53.5 Å². The van der Waals surface area contributed by atoms with Gasteiger partial charge in [-0.05, 0) is 31.7 Å². The van der Waals surface area contributed by atoms with Crippen LogP contribution in [0.15, 0.2) is 29.5 Å². The Bertz CT molecular complexity index is 721. The van der Waals surface area contributed by atoms with E-state index in [1.165, 1.54) is 0 Å². The highest BCUT2D eigenvalue weighted by Gasteiger charge is 2.31. The first kappa shape index (κ1) is 25.3. The number of nitrogens with zero attached hydrogens (tertiary/aromatic N) is 2. The second kappa shape index (κ2) is 12.7. The summed E-state index contributed by atoms with van der Waals surface area (Å²) in [5.41, 5.74) is 0.787. The number of esters is 1. The van der Waals surface area contributed by atoms with Crippen molar-refractivity contribution in [3.05, 3.63) is 30.1 Å². The number of aliphatic imine (C=N–C) groups is 1. The number of hydrogen-bond donors (Lipinski definition) is 2. The molecule has 0 spiro atoms. The van der Waals surface area contributed by atoms with Crippen LogP contribution in [-0.4, -0.2) is 53.7 Å². The third-order valence-corrected chi connectivity index (χ3v) is 4.76. The minimum atomic E-state index is -0.801. The summed E-state index contributed by atoms with van der Waals surface area (Å²) in [6.45, 7) is 11.1. The Labute approximate surface area is 178 Å². The first-order chi connectivity index (χ1) is 14.2. The molecule has 0 saturated carbocycles. The van der Waals surface area contributed by atoms with Crippen LogP contribution in [0.3, 0.4) is 0 Å². The van der Waals surface area contributed by atoms with Crippen LogP contribution in [0.25, 0.3) is 0 Å². The molecule has 1 rings (SSSR count). The first-order valence-corrected chi connectivity index (χ1v) is 10.4. The monoisotopic (exact) mass is 418 g/mol. The molecule has 1 aromatic rings. The number of rotatable bonds is 11. The van der Waals surface area contributed by atoms with E-state index < -0.39 is 30.0 Å². The smallest absolute Gasteiger partial charge is 0.328 e. The molecule has 1 heterocycles. The minimum Gasteiger partial charge on any atom is -0.464 e. The molecule has 8 nitrogen and oxygen atoms in total. The van der Waals surface area contributed by atoms with Gasteiger partial charge in [-0.15, -0.1) is 0 Å². The molecular formula is C22H34N4O4. The molecule has 0 fully saturated rings. The third-order valence-electron chi connectivity index (χ3n) is 4.76. The van der Waals surface area contributed by atoms with Gasteiger partial charge in [0.25, 0.3) is 0 Å². The van der Waals surface area contributed by atoms with Gasteiger partial charge < -0.3 is 15.4 Å². The SMILES string of the molecule is CCOC(=O)C(C)NC(=O)C(NC(=O)C(N=Cc1cccnc1)C(C)C)C(C)CC. The van der Waals surface area contributed by atoms with Crippen LogP contribution < -0.4 is 10.6 Å². The fraction of sp³-hybridized carbons (Fsp3) is 0.591.